The first-order chi connectivity index (χ1) is 11.3. The summed E-state index contributed by atoms with van der Waals surface area (Å²) in [5.41, 5.74) is 1.77. The third-order valence-corrected chi connectivity index (χ3v) is 5.11. The molecule has 1 aromatic carbocycles. The van der Waals surface area contributed by atoms with Gasteiger partial charge in [0.25, 0.3) is 5.91 Å². The number of carbonyl (C=O) groups is 1. The summed E-state index contributed by atoms with van der Waals surface area (Å²) in [6, 6.07) is 11.5. The van der Waals surface area contributed by atoms with Crippen LogP contribution in [-0.2, 0) is 17.6 Å². The van der Waals surface area contributed by atoms with Gasteiger partial charge in [-0.05, 0) is 43.4 Å². The summed E-state index contributed by atoms with van der Waals surface area (Å²) in [6.45, 7) is -0.0581. The number of nitriles is 1. The van der Waals surface area contributed by atoms with Gasteiger partial charge in [-0.25, -0.2) is 0 Å². The molecule has 1 amide bonds. The number of thiophene rings is 1. The van der Waals surface area contributed by atoms with Gasteiger partial charge in [0.2, 0.25) is 0 Å². The van der Waals surface area contributed by atoms with Gasteiger partial charge in [0.05, 0.1) is 5.56 Å². The third kappa shape index (κ3) is 3.72. The zero-order valence-electron chi connectivity index (χ0n) is 12.8. The Morgan fingerprint density at radius 3 is 2.78 bits per heavy atom. The van der Waals surface area contributed by atoms with Crippen LogP contribution in [0.25, 0.3) is 0 Å². The monoisotopic (exact) mass is 326 g/mol. The fraction of sp³-hybridized carbons (Fsp3) is 0.333. The molecule has 0 atom stereocenters. The van der Waals surface area contributed by atoms with Gasteiger partial charge in [-0.15, -0.1) is 11.3 Å². The lowest BCUT2D eigenvalue weighted by Crippen LogP contribution is -2.20. The van der Waals surface area contributed by atoms with Crippen molar-refractivity contribution < 1.29 is 9.53 Å². The molecule has 3 rings (SSSR count). The molecule has 0 saturated carbocycles. The Morgan fingerprint density at radius 2 is 2.00 bits per heavy atom. The van der Waals surface area contributed by atoms with E-state index in [2.05, 4.69) is 11.4 Å². The smallest absolute Gasteiger partial charge is 0.262 e. The minimum absolute atomic E-state index is 0.0581. The van der Waals surface area contributed by atoms with Crippen LogP contribution < -0.4 is 10.1 Å². The molecule has 1 aliphatic carbocycles. The van der Waals surface area contributed by atoms with Crippen molar-refractivity contribution >= 4 is 22.2 Å². The molecule has 0 aliphatic heterocycles. The second-order valence-electron chi connectivity index (χ2n) is 5.53. The van der Waals surface area contributed by atoms with Gasteiger partial charge in [0.15, 0.2) is 6.61 Å². The van der Waals surface area contributed by atoms with Crippen molar-refractivity contribution in [2.75, 3.05) is 11.9 Å². The van der Waals surface area contributed by atoms with E-state index in [-0.39, 0.29) is 12.5 Å². The maximum absolute atomic E-state index is 12.1. The number of ether oxygens (including phenoxy) is 1. The van der Waals surface area contributed by atoms with Crippen molar-refractivity contribution in [2.24, 2.45) is 0 Å². The summed E-state index contributed by atoms with van der Waals surface area (Å²) >= 11 is 1.54. The lowest BCUT2D eigenvalue weighted by Gasteiger charge is -2.06. The lowest BCUT2D eigenvalue weighted by atomic mass is 10.1. The van der Waals surface area contributed by atoms with E-state index in [1.54, 1.807) is 12.1 Å². The maximum Gasteiger partial charge on any atom is 0.262 e. The number of fused-ring (bicyclic) bond motifs is 1. The molecule has 2 aromatic rings. The summed E-state index contributed by atoms with van der Waals surface area (Å²) in [7, 11) is 0. The van der Waals surface area contributed by atoms with Crippen LogP contribution in [0.15, 0.2) is 30.3 Å². The summed E-state index contributed by atoms with van der Waals surface area (Å²) < 4.78 is 5.45. The van der Waals surface area contributed by atoms with E-state index in [4.69, 9.17) is 4.74 Å². The van der Waals surface area contributed by atoms with Gasteiger partial charge in [-0.2, -0.15) is 5.26 Å². The SMILES string of the molecule is N#Cc1c(NC(=O)COc2ccccc2)sc2c1CCCCC2. The van der Waals surface area contributed by atoms with E-state index >= 15 is 0 Å². The highest BCUT2D eigenvalue weighted by Gasteiger charge is 2.21. The Labute approximate surface area is 139 Å². The minimum Gasteiger partial charge on any atom is -0.484 e. The third-order valence-electron chi connectivity index (χ3n) is 3.90. The van der Waals surface area contributed by atoms with Gasteiger partial charge < -0.3 is 10.1 Å². The molecule has 1 aliphatic rings. The zero-order valence-corrected chi connectivity index (χ0v) is 13.6. The summed E-state index contributed by atoms with van der Waals surface area (Å²) in [4.78, 5) is 13.3. The molecule has 0 saturated heterocycles. The van der Waals surface area contributed by atoms with E-state index in [1.807, 2.05) is 18.2 Å². The first-order valence-electron chi connectivity index (χ1n) is 7.80. The Bertz CT molecular complexity index is 731. The second kappa shape index (κ2) is 7.30. The molecule has 0 radical (unpaired) electrons. The quantitative estimate of drug-likeness (QED) is 0.867. The maximum atomic E-state index is 12.1. The minimum atomic E-state index is -0.234. The van der Waals surface area contributed by atoms with E-state index in [0.717, 1.165) is 31.2 Å². The average Bonchev–Trinajstić information content (AvgIpc) is 2.74. The lowest BCUT2D eigenvalue weighted by molar-refractivity contribution is -0.118. The Morgan fingerprint density at radius 1 is 1.22 bits per heavy atom. The number of carbonyl (C=O) groups excluding carboxylic acids is 1. The molecule has 23 heavy (non-hydrogen) atoms. The Hall–Kier alpha value is -2.32. The second-order valence-corrected chi connectivity index (χ2v) is 6.64. The predicted molar refractivity (Wildman–Crippen MR) is 90.9 cm³/mol. The van der Waals surface area contributed by atoms with Crippen molar-refractivity contribution in [1.29, 1.82) is 5.26 Å². The van der Waals surface area contributed by atoms with Crippen LogP contribution in [0, 0.1) is 11.3 Å². The first kappa shape index (κ1) is 15.6. The Balaban J connectivity index is 1.68. The molecule has 1 aromatic heterocycles. The van der Waals surface area contributed by atoms with Gasteiger partial charge in [-0.1, -0.05) is 24.6 Å². The highest BCUT2D eigenvalue weighted by atomic mass is 32.1. The van der Waals surface area contributed by atoms with Gasteiger partial charge in [0, 0.05) is 4.88 Å². The van der Waals surface area contributed by atoms with E-state index < -0.39 is 0 Å². The average molecular weight is 326 g/mol. The number of para-hydroxylation sites is 1. The highest BCUT2D eigenvalue weighted by molar-refractivity contribution is 7.16. The number of hydrogen-bond donors (Lipinski definition) is 1. The van der Waals surface area contributed by atoms with Gasteiger partial charge >= 0.3 is 0 Å². The molecule has 0 spiro atoms. The number of anilines is 1. The molecule has 0 unspecified atom stereocenters. The van der Waals surface area contributed by atoms with Crippen LogP contribution in [0.5, 0.6) is 5.75 Å². The largest absolute Gasteiger partial charge is 0.484 e. The number of nitrogens with one attached hydrogen (secondary N) is 1. The van der Waals surface area contributed by atoms with Gasteiger partial charge in [-0.3, -0.25) is 4.79 Å². The van der Waals surface area contributed by atoms with Crippen molar-refractivity contribution in [3.8, 4) is 11.8 Å². The summed E-state index contributed by atoms with van der Waals surface area (Å²) in [6.07, 6.45) is 5.42. The molecular formula is C18H18N2O2S. The predicted octanol–water partition coefficient (Wildman–Crippen LogP) is 3.91. The molecule has 4 nitrogen and oxygen atoms in total. The van der Waals surface area contributed by atoms with Crippen LogP contribution >= 0.6 is 11.3 Å². The van der Waals surface area contributed by atoms with Crippen molar-refractivity contribution in [3.05, 3.63) is 46.3 Å². The molecule has 0 fully saturated rings. The number of benzene rings is 1. The fourth-order valence-electron chi connectivity index (χ4n) is 2.78. The van der Waals surface area contributed by atoms with Crippen LogP contribution in [0.2, 0.25) is 0 Å². The normalized spacial score (nSPS) is 13.5. The molecule has 0 bridgehead atoms. The van der Waals surface area contributed by atoms with Crippen LogP contribution in [0.3, 0.4) is 0 Å². The standard InChI is InChI=1S/C18H18N2O2S/c19-11-15-14-9-5-2-6-10-16(14)23-18(15)20-17(21)12-22-13-7-3-1-4-8-13/h1,3-4,7-8H,2,5-6,9-10,12H2,(H,20,21). The van der Waals surface area contributed by atoms with Crippen molar-refractivity contribution in [3.63, 3.8) is 0 Å². The van der Waals surface area contributed by atoms with Crippen LogP contribution in [0.1, 0.15) is 35.3 Å². The number of aryl methyl sites for hydroxylation is 1. The number of nitrogens with zero attached hydrogens (tertiary/aromatic N) is 1. The van der Waals surface area contributed by atoms with E-state index in [0.29, 0.717) is 16.3 Å². The van der Waals surface area contributed by atoms with E-state index in [1.165, 1.54) is 22.6 Å². The number of rotatable bonds is 4. The molecule has 1 heterocycles. The van der Waals surface area contributed by atoms with Gasteiger partial charge in [0.1, 0.15) is 16.8 Å². The number of hydrogen-bond acceptors (Lipinski definition) is 4. The molecule has 1 N–H and O–H groups in total. The summed E-state index contributed by atoms with van der Waals surface area (Å²) in [5.74, 6) is 0.423. The van der Waals surface area contributed by atoms with E-state index in [9.17, 15) is 10.1 Å². The van der Waals surface area contributed by atoms with Crippen molar-refractivity contribution in [2.45, 2.75) is 32.1 Å². The summed E-state index contributed by atoms with van der Waals surface area (Å²) in [5, 5.41) is 13.0. The number of amides is 1. The van der Waals surface area contributed by atoms with Crippen molar-refractivity contribution in [1.82, 2.24) is 0 Å². The molecule has 118 valence electrons. The molecular weight excluding hydrogens is 308 g/mol. The highest BCUT2D eigenvalue weighted by Crippen LogP contribution is 2.36. The fourth-order valence-corrected chi connectivity index (χ4v) is 4.03. The van der Waals surface area contributed by atoms with Crippen LogP contribution in [-0.4, -0.2) is 12.5 Å². The molecule has 5 heteroatoms. The van der Waals surface area contributed by atoms with Crippen LogP contribution in [0.4, 0.5) is 5.00 Å². The Kier molecular flexibility index (Phi) is 4.94. The zero-order chi connectivity index (χ0) is 16.1. The topological polar surface area (TPSA) is 62.1 Å². The first-order valence-corrected chi connectivity index (χ1v) is 8.62.